The molecule has 3 aromatic rings. The van der Waals surface area contributed by atoms with Crippen LogP contribution in [0.3, 0.4) is 0 Å². The first kappa shape index (κ1) is 20.3. The molecular weight excluding hydrogens is 374 g/mol. The highest BCUT2D eigenvalue weighted by atomic mass is 16.6. The van der Waals surface area contributed by atoms with E-state index in [9.17, 15) is 19.7 Å². The molecule has 7 nitrogen and oxygen atoms in total. The molecule has 1 aromatic heterocycles. The van der Waals surface area contributed by atoms with Gasteiger partial charge in [0.05, 0.1) is 4.92 Å². The van der Waals surface area contributed by atoms with Crippen molar-refractivity contribution < 1.29 is 18.9 Å². The van der Waals surface area contributed by atoms with E-state index in [1.165, 1.54) is 30.3 Å². The van der Waals surface area contributed by atoms with E-state index < -0.39 is 10.5 Å². The molecular formula is C22H21NO6. The Balaban J connectivity index is 1.84. The van der Waals surface area contributed by atoms with Crippen LogP contribution < -0.4 is 10.4 Å². The largest absolute Gasteiger partial charge is 0.485 e. The number of carbonyl (C=O) groups excluding carboxylic acids is 1. The van der Waals surface area contributed by atoms with Crippen molar-refractivity contribution in [3.8, 4) is 5.75 Å². The second-order valence-electron chi connectivity index (χ2n) is 6.78. The number of hydrogen-bond acceptors (Lipinski definition) is 6. The Labute approximate surface area is 167 Å². The Bertz CT molecular complexity index is 1130. The summed E-state index contributed by atoms with van der Waals surface area (Å²) in [6.07, 6.45) is 2.76. The van der Waals surface area contributed by atoms with Gasteiger partial charge in [0.1, 0.15) is 11.3 Å². The molecule has 150 valence electrons. The van der Waals surface area contributed by atoms with Gasteiger partial charge in [-0.3, -0.25) is 14.9 Å². The third kappa shape index (κ3) is 4.51. The smallest absolute Gasteiger partial charge is 0.336 e. The van der Waals surface area contributed by atoms with Crippen molar-refractivity contribution in [1.29, 1.82) is 0 Å². The summed E-state index contributed by atoms with van der Waals surface area (Å²) in [5, 5.41) is 11.7. The Morgan fingerprint density at radius 1 is 1.21 bits per heavy atom. The minimum atomic E-state index is -0.552. The lowest BCUT2D eigenvalue weighted by Crippen LogP contribution is -2.12. The Morgan fingerprint density at radius 2 is 2.00 bits per heavy atom. The van der Waals surface area contributed by atoms with Gasteiger partial charge in [0.25, 0.3) is 5.69 Å². The number of hydrogen-bond donors (Lipinski definition) is 0. The van der Waals surface area contributed by atoms with Crippen LogP contribution >= 0.6 is 0 Å². The lowest BCUT2D eigenvalue weighted by Gasteiger charge is -2.12. The zero-order valence-corrected chi connectivity index (χ0v) is 16.3. The van der Waals surface area contributed by atoms with E-state index in [1.807, 2.05) is 6.07 Å². The van der Waals surface area contributed by atoms with E-state index in [4.69, 9.17) is 9.15 Å². The fourth-order valence-electron chi connectivity index (χ4n) is 3.16. The average molecular weight is 395 g/mol. The molecule has 29 heavy (non-hydrogen) atoms. The van der Waals surface area contributed by atoms with E-state index in [2.05, 4.69) is 6.92 Å². The topological polar surface area (TPSA) is 99.7 Å². The van der Waals surface area contributed by atoms with Gasteiger partial charge in [-0.1, -0.05) is 25.5 Å². The first-order chi connectivity index (χ1) is 13.9. The molecule has 0 fully saturated rings. The normalized spacial score (nSPS) is 10.8. The molecule has 0 atom stereocenters. The Hall–Kier alpha value is -3.48. The van der Waals surface area contributed by atoms with E-state index >= 15 is 0 Å². The number of Topliss-reactive ketones (excluding diaryl/α,β-unsaturated/α-hetero) is 1. The van der Waals surface area contributed by atoms with Crippen LogP contribution in [0.5, 0.6) is 5.75 Å². The number of ketones is 1. The number of carbonyl (C=O) groups is 1. The number of unbranched alkanes of at least 4 members (excludes halogenated alkanes) is 1. The summed E-state index contributed by atoms with van der Waals surface area (Å²) in [7, 11) is 0. The second-order valence-corrected chi connectivity index (χ2v) is 6.78. The molecule has 0 unspecified atom stereocenters. The molecule has 7 heteroatoms. The summed E-state index contributed by atoms with van der Waals surface area (Å²) in [5.74, 6) is 0.0402. The number of fused-ring (bicyclic) bond motifs is 1. The number of aryl methyl sites for hydroxylation is 2. The summed E-state index contributed by atoms with van der Waals surface area (Å²) >= 11 is 0. The Morgan fingerprint density at radius 3 is 2.72 bits per heavy atom. The molecule has 0 aliphatic heterocycles. The van der Waals surface area contributed by atoms with Gasteiger partial charge in [0.15, 0.2) is 12.4 Å². The third-order valence-corrected chi connectivity index (χ3v) is 4.73. The Kier molecular flexibility index (Phi) is 6.07. The monoisotopic (exact) mass is 395 g/mol. The highest BCUT2D eigenvalue weighted by Gasteiger charge is 2.15. The van der Waals surface area contributed by atoms with Crippen LogP contribution in [0.15, 0.2) is 51.7 Å². The first-order valence-corrected chi connectivity index (χ1v) is 9.37. The minimum absolute atomic E-state index is 0.154. The summed E-state index contributed by atoms with van der Waals surface area (Å²) in [6, 6.07) is 10.6. The number of nitro groups is 1. The van der Waals surface area contributed by atoms with Gasteiger partial charge in [0.2, 0.25) is 0 Å². The summed E-state index contributed by atoms with van der Waals surface area (Å²) in [5.41, 5.74) is 1.63. The number of rotatable bonds is 8. The number of nitro benzene ring substituents is 1. The maximum Gasteiger partial charge on any atom is 0.336 e. The minimum Gasteiger partial charge on any atom is -0.485 e. The maximum absolute atomic E-state index is 12.4. The van der Waals surface area contributed by atoms with Crippen LogP contribution in [0.1, 0.15) is 41.3 Å². The van der Waals surface area contributed by atoms with E-state index in [-0.39, 0.29) is 23.6 Å². The van der Waals surface area contributed by atoms with Crippen LogP contribution in [-0.4, -0.2) is 17.3 Å². The van der Waals surface area contributed by atoms with Crippen molar-refractivity contribution in [2.75, 3.05) is 6.61 Å². The second kappa shape index (κ2) is 8.68. The van der Waals surface area contributed by atoms with Crippen molar-refractivity contribution in [3.05, 3.63) is 79.7 Å². The van der Waals surface area contributed by atoms with Gasteiger partial charge in [0, 0.05) is 34.7 Å². The summed E-state index contributed by atoms with van der Waals surface area (Å²) < 4.78 is 11.0. The fourth-order valence-corrected chi connectivity index (χ4v) is 3.16. The molecule has 0 saturated carbocycles. The number of ether oxygens (including phenoxy) is 1. The number of non-ortho nitro benzene ring substituents is 1. The van der Waals surface area contributed by atoms with E-state index in [0.29, 0.717) is 16.9 Å². The van der Waals surface area contributed by atoms with Crippen LogP contribution in [0.25, 0.3) is 11.0 Å². The van der Waals surface area contributed by atoms with E-state index in [1.54, 1.807) is 13.0 Å². The molecule has 1 heterocycles. The summed E-state index contributed by atoms with van der Waals surface area (Å²) in [6.45, 7) is 3.57. The van der Waals surface area contributed by atoms with Gasteiger partial charge < -0.3 is 9.15 Å². The predicted octanol–water partition coefficient (Wildman–Crippen LogP) is 4.61. The lowest BCUT2D eigenvalue weighted by atomic mass is 10.0. The third-order valence-electron chi connectivity index (χ3n) is 4.73. The molecule has 0 bridgehead atoms. The van der Waals surface area contributed by atoms with E-state index in [0.717, 1.165) is 30.2 Å². The molecule has 0 N–H and O–H groups in total. The quantitative estimate of drug-likeness (QED) is 0.239. The maximum atomic E-state index is 12.4. The zero-order valence-electron chi connectivity index (χ0n) is 16.3. The van der Waals surface area contributed by atoms with Crippen molar-refractivity contribution in [2.24, 2.45) is 0 Å². The highest BCUT2D eigenvalue weighted by Crippen LogP contribution is 2.29. The van der Waals surface area contributed by atoms with Crippen molar-refractivity contribution in [3.63, 3.8) is 0 Å². The van der Waals surface area contributed by atoms with Gasteiger partial charge >= 0.3 is 5.63 Å². The van der Waals surface area contributed by atoms with Gasteiger partial charge in [-0.25, -0.2) is 4.79 Å². The number of benzene rings is 2. The van der Waals surface area contributed by atoms with Crippen LogP contribution in [0, 0.1) is 17.0 Å². The van der Waals surface area contributed by atoms with Crippen LogP contribution in [0.2, 0.25) is 0 Å². The van der Waals surface area contributed by atoms with Gasteiger partial charge in [-0.15, -0.1) is 0 Å². The van der Waals surface area contributed by atoms with Crippen molar-refractivity contribution in [1.82, 2.24) is 0 Å². The average Bonchev–Trinajstić information content (AvgIpc) is 2.71. The molecule has 0 aliphatic carbocycles. The van der Waals surface area contributed by atoms with Gasteiger partial charge in [-0.2, -0.15) is 0 Å². The van der Waals surface area contributed by atoms with Crippen LogP contribution in [0.4, 0.5) is 5.69 Å². The molecule has 0 aliphatic rings. The highest BCUT2D eigenvalue weighted by molar-refractivity contribution is 5.97. The van der Waals surface area contributed by atoms with Crippen molar-refractivity contribution in [2.45, 2.75) is 33.1 Å². The van der Waals surface area contributed by atoms with Gasteiger partial charge in [-0.05, 0) is 37.5 Å². The molecule has 0 spiro atoms. The molecule has 0 amide bonds. The fraction of sp³-hybridized carbons (Fsp3) is 0.273. The van der Waals surface area contributed by atoms with Crippen LogP contribution in [-0.2, 0) is 6.42 Å². The molecule has 0 saturated heterocycles. The number of nitrogens with zero attached hydrogens (tertiary/aromatic N) is 1. The zero-order chi connectivity index (χ0) is 21.0. The standard InChI is InChI=1S/C22H21NO6/c1-3-4-6-15-12-21(25)29-22-14(2)20(10-9-18(15)22)28-13-19(24)16-7-5-8-17(11-16)23(26)27/h5,7-12H,3-4,6,13H2,1-2H3. The van der Waals surface area contributed by atoms with Crippen molar-refractivity contribution >= 4 is 22.4 Å². The summed E-state index contributed by atoms with van der Waals surface area (Å²) in [4.78, 5) is 34.6. The SMILES string of the molecule is CCCCc1cc(=O)oc2c(C)c(OCC(=O)c3cccc([N+](=O)[O-])c3)ccc12. The lowest BCUT2D eigenvalue weighted by molar-refractivity contribution is -0.384. The molecule has 2 aromatic carbocycles. The first-order valence-electron chi connectivity index (χ1n) is 9.37. The molecule has 3 rings (SSSR count). The predicted molar refractivity (Wildman–Crippen MR) is 109 cm³/mol. The molecule has 0 radical (unpaired) electrons.